The number of rotatable bonds is 4. The van der Waals surface area contributed by atoms with Crippen LogP contribution in [-0.4, -0.2) is 5.78 Å². The lowest BCUT2D eigenvalue weighted by Crippen LogP contribution is -2.33. The summed E-state index contributed by atoms with van der Waals surface area (Å²) in [7, 11) is 0. The Morgan fingerprint density at radius 2 is 1.65 bits per heavy atom. The molecule has 0 saturated heterocycles. The molecule has 0 aromatic heterocycles. The topological polar surface area (TPSA) is 17.1 Å². The van der Waals surface area contributed by atoms with Crippen LogP contribution in [0.15, 0.2) is 30.3 Å². The van der Waals surface area contributed by atoms with Crippen molar-refractivity contribution in [3.8, 4) is 0 Å². The second kappa shape index (κ2) is 5.48. The molecule has 0 saturated carbocycles. The van der Waals surface area contributed by atoms with E-state index in [1.54, 1.807) is 0 Å². The van der Waals surface area contributed by atoms with Gasteiger partial charge >= 0.3 is 0 Å². The number of Topliss-reactive ketones (excluding diaryl/α,β-unsaturated/α-hetero) is 1. The molecule has 1 atom stereocenters. The Hall–Kier alpha value is -1.11. The molecule has 0 spiro atoms. The molecule has 1 heteroatoms. The summed E-state index contributed by atoms with van der Waals surface area (Å²) in [6, 6.07) is 10.3. The lowest BCUT2D eigenvalue weighted by Gasteiger charge is -2.31. The first-order valence-electron chi connectivity index (χ1n) is 6.40. The normalized spacial score (nSPS) is 13.8. The summed E-state index contributed by atoms with van der Waals surface area (Å²) < 4.78 is 0. The van der Waals surface area contributed by atoms with Crippen LogP contribution in [0.2, 0.25) is 0 Å². The molecule has 0 radical (unpaired) electrons. The Morgan fingerprint density at radius 1 is 1.12 bits per heavy atom. The van der Waals surface area contributed by atoms with Gasteiger partial charge < -0.3 is 0 Å². The van der Waals surface area contributed by atoms with E-state index in [0.717, 1.165) is 6.42 Å². The number of hydrogen-bond donors (Lipinski definition) is 0. The Balaban J connectivity index is 2.90. The number of hydrogen-bond acceptors (Lipinski definition) is 1. The fourth-order valence-corrected chi connectivity index (χ4v) is 2.09. The third-order valence-electron chi connectivity index (χ3n) is 3.24. The highest BCUT2D eigenvalue weighted by Gasteiger charge is 2.32. The van der Waals surface area contributed by atoms with Gasteiger partial charge in [-0.05, 0) is 17.4 Å². The number of benzene rings is 1. The van der Waals surface area contributed by atoms with E-state index in [4.69, 9.17) is 0 Å². The SMILES string of the molecule is CC(C)C(=O)[C@@H](Cc1ccccc1)C(C)(C)C. The average Bonchev–Trinajstić information content (AvgIpc) is 2.24. The van der Waals surface area contributed by atoms with Gasteiger partial charge in [-0.3, -0.25) is 4.79 Å². The lowest BCUT2D eigenvalue weighted by atomic mass is 9.72. The van der Waals surface area contributed by atoms with Crippen LogP contribution in [0.4, 0.5) is 0 Å². The highest BCUT2D eigenvalue weighted by Crippen LogP contribution is 2.31. The minimum atomic E-state index is 0.0250. The first-order chi connectivity index (χ1) is 7.82. The second-order valence-corrected chi connectivity index (χ2v) is 6.17. The molecular formula is C16H24O. The third-order valence-corrected chi connectivity index (χ3v) is 3.24. The van der Waals surface area contributed by atoms with Crippen molar-refractivity contribution < 1.29 is 4.79 Å². The maximum atomic E-state index is 12.3. The Morgan fingerprint density at radius 3 is 2.06 bits per heavy atom. The van der Waals surface area contributed by atoms with Gasteiger partial charge in [0, 0.05) is 11.8 Å². The van der Waals surface area contributed by atoms with Gasteiger partial charge in [-0.15, -0.1) is 0 Å². The van der Waals surface area contributed by atoms with Gasteiger partial charge in [-0.25, -0.2) is 0 Å². The predicted molar refractivity (Wildman–Crippen MR) is 72.9 cm³/mol. The highest BCUT2D eigenvalue weighted by atomic mass is 16.1. The van der Waals surface area contributed by atoms with Gasteiger partial charge in [0.2, 0.25) is 0 Å². The van der Waals surface area contributed by atoms with Crippen molar-refractivity contribution in [2.75, 3.05) is 0 Å². The van der Waals surface area contributed by atoms with Crippen LogP contribution in [0, 0.1) is 17.3 Å². The molecule has 1 nitrogen and oxygen atoms in total. The summed E-state index contributed by atoms with van der Waals surface area (Å²) in [4.78, 5) is 12.3. The van der Waals surface area contributed by atoms with Gasteiger partial charge in [0.25, 0.3) is 0 Å². The molecule has 0 N–H and O–H groups in total. The fraction of sp³-hybridized carbons (Fsp3) is 0.562. The minimum Gasteiger partial charge on any atom is -0.299 e. The number of carbonyl (C=O) groups is 1. The summed E-state index contributed by atoms with van der Waals surface area (Å²) in [5, 5.41) is 0. The molecule has 1 aromatic carbocycles. The molecule has 0 aliphatic rings. The minimum absolute atomic E-state index is 0.0250. The molecule has 0 fully saturated rings. The van der Waals surface area contributed by atoms with E-state index in [-0.39, 0.29) is 17.3 Å². The van der Waals surface area contributed by atoms with E-state index in [2.05, 4.69) is 32.9 Å². The molecule has 0 aliphatic carbocycles. The number of carbonyl (C=O) groups excluding carboxylic acids is 1. The van der Waals surface area contributed by atoms with E-state index in [0.29, 0.717) is 5.78 Å². The van der Waals surface area contributed by atoms with Gasteiger partial charge in [0.15, 0.2) is 0 Å². The Kier molecular flexibility index (Phi) is 4.50. The van der Waals surface area contributed by atoms with Gasteiger partial charge in [-0.1, -0.05) is 65.0 Å². The Bertz CT molecular complexity index is 357. The molecule has 1 aromatic rings. The summed E-state index contributed by atoms with van der Waals surface area (Å²) in [5.74, 6) is 0.592. The molecule has 0 bridgehead atoms. The standard InChI is InChI=1S/C16H24O/c1-12(2)15(17)14(16(3,4)5)11-13-9-7-6-8-10-13/h6-10,12,14H,11H2,1-5H3/t14-/m1/s1. The largest absolute Gasteiger partial charge is 0.299 e. The van der Waals surface area contributed by atoms with E-state index in [9.17, 15) is 4.79 Å². The van der Waals surface area contributed by atoms with Crippen LogP contribution in [0.1, 0.15) is 40.2 Å². The summed E-state index contributed by atoms with van der Waals surface area (Å²) in [6.07, 6.45) is 0.849. The quantitative estimate of drug-likeness (QED) is 0.763. The van der Waals surface area contributed by atoms with Crippen molar-refractivity contribution in [2.24, 2.45) is 17.3 Å². The second-order valence-electron chi connectivity index (χ2n) is 6.17. The highest BCUT2D eigenvalue weighted by molar-refractivity contribution is 5.83. The number of ketones is 1. The van der Waals surface area contributed by atoms with Crippen LogP contribution in [-0.2, 0) is 11.2 Å². The van der Waals surface area contributed by atoms with Crippen LogP contribution in [0.5, 0.6) is 0 Å². The van der Waals surface area contributed by atoms with Crippen molar-refractivity contribution >= 4 is 5.78 Å². The van der Waals surface area contributed by atoms with E-state index in [1.807, 2.05) is 32.0 Å². The summed E-state index contributed by atoms with van der Waals surface area (Å²) >= 11 is 0. The lowest BCUT2D eigenvalue weighted by molar-refractivity contribution is -0.129. The summed E-state index contributed by atoms with van der Waals surface area (Å²) in [6.45, 7) is 10.4. The van der Waals surface area contributed by atoms with E-state index in [1.165, 1.54) is 5.56 Å². The van der Waals surface area contributed by atoms with Crippen molar-refractivity contribution in [2.45, 2.75) is 41.0 Å². The molecule has 17 heavy (non-hydrogen) atoms. The van der Waals surface area contributed by atoms with Crippen molar-refractivity contribution in [3.63, 3.8) is 0 Å². The smallest absolute Gasteiger partial charge is 0.139 e. The predicted octanol–water partition coefficient (Wildman–Crippen LogP) is 4.12. The van der Waals surface area contributed by atoms with Gasteiger partial charge in [0.1, 0.15) is 5.78 Å². The zero-order valence-corrected chi connectivity index (χ0v) is 11.7. The van der Waals surface area contributed by atoms with Crippen LogP contribution < -0.4 is 0 Å². The molecule has 0 heterocycles. The fourth-order valence-electron chi connectivity index (χ4n) is 2.09. The van der Waals surface area contributed by atoms with Crippen molar-refractivity contribution in [1.82, 2.24) is 0 Å². The van der Waals surface area contributed by atoms with Gasteiger partial charge in [-0.2, -0.15) is 0 Å². The molecule has 0 unspecified atom stereocenters. The zero-order valence-electron chi connectivity index (χ0n) is 11.7. The zero-order chi connectivity index (χ0) is 13.1. The maximum absolute atomic E-state index is 12.3. The van der Waals surface area contributed by atoms with Crippen LogP contribution in [0.3, 0.4) is 0 Å². The van der Waals surface area contributed by atoms with Crippen molar-refractivity contribution in [1.29, 1.82) is 0 Å². The van der Waals surface area contributed by atoms with Crippen LogP contribution >= 0.6 is 0 Å². The van der Waals surface area contributed by atoms with E-state index >= 15 is 0 Å². The molecule has 0 amide bonds. The summed E-state index contributed by atoms with van der Waals surface area (Å²) in [5.41, 5.74) is 1.28. The first-order valence-corrected chi connectivity index (χ1v) is 6.40. The molecule has 94 valence electrons. The van der Waals surface area contributed by atoms with E-state index < -0.39 is 0 Å². The third kappa shape index (κ3) is 3.99. The molecule has 1 rings (SSSR count). The maximum Gasteiger partial charge on any atom is 0.139 e. The van der Waals surface area contributed by atoms with Crippen LogP contribution in [0.25, 0.3) is 0 Å². The first kappa shape index (κ1) is 14.0. The molecule has 0 aliphatic heterocycles. The Labute approximate surface area is 105 Å². The monoisotopic (exact) mass is 232 g/mol. The van der Waals surface area contributed by atoms with Gasteiger partial charge in [0.05, 0.1) is 0 Å². The van der Waals surface area contributed by atoms with Crippen molar-refractivity contribution in [3.05, 3.63) is 35.9 Å². The average molecular weight is 232 g/mol. The molecular weight excluding hydrogens is 208 g/mol.